The van der Waals surface area contributed by atoms with E-state index in [1.165, 1.54) is 5.56 Å². The van der Waals surface area contributed by atoms with Crippen LogP contribution in [-0.2, 0) is 6.42 Å². The molecule has 1 rings (SSSR count). The Morgan fingerprint density at radius 2 is 1.52 bits per heavy atom. The summed E-state index contributed by atoms with van der Waals surface area (Å²) in [6.45, 7) is 15.4. The molecule has 1 heterocycles. The second-order valence-electron chi connectivity index (χ2n) is 6.36. The molecule has 0 saturated carbocycles. The van der Waals surface area contributed by atoms with Crippen LogP contribution in [0, 0.1) is 17.8 Å². The van der Waals surface area contributed by atoms with Crippen molar-refractivity contribution in [2.24, 2.45) is 17.8 Å². The first-order valence-electron chi connectivity index (χ1n) is 8.32. The molecule has 1 aromatic heterocycles. The minimum absolute atomic E-state index is 0.650. The van der Waals surface area contributed by atoms with Gasteiger partial charge in [0.15, 0.2) is 0 Å². The minimum atomic E-state index is 0.650. The molecule has 0 fully saturated rings. The molecule has 21 heavy (non-hydrogen) atoms. The van der Waals surface area contributed by atoms with Crippen LogP contribution in [0.1, 0.15) is 53.5 Å². The number of anilines is 2. The summed E-state index contributed by atoms with van der Waals surface area (Å²) < 4.78 is 0. The number of aromatic nitrogens is 2. The summed E-state index contributed by atoms with van der Waals surface area (Å²) in [5.74, 6) is 3.95. The Hall–Kier alpha value is -1.32. The van der Waals surface area contributed by atoms with E-state index in [1.807, 2.05) is 0 Å². The molecule has 4 nitrogen and oxygen atoms in total. The Bertz CT molecular complexity index is 407. The van der Waals surface area contributed by atoms with E-state index in [9.17, 15) is 0 Å². The molecule has 0 spiro atoms. The number of nitrogens with one attached hydrogen (secondary N) is 2. The van der Waals surface area contributed by atoms with Crippen molar-refractivity contribution in [3.8, 4) is 0 Å². The van der Waals surface area contributed by atoms with Crippen molar-refractivity contribution in [3.63, 3.8) is 0 Å². The predicted molar refractivity (Wildman–Crippen MR) is 91.8 cm³/mol. The lowest BCUT2D eigenvalue weighted by Crippen LogP contribution is -2.25. The van der Waals surface area contributed by atoms with E-state index < -0.39 is 0 Å². The molecular weight excluding hydrogens is 260 g/mol. The first-order chi connectivity index (χ1) is 10.0. The van der Waals surface area contributed by atoms with Gasteiger partial charge in [-0.2, -0.15) is 0 Å². The van der Waals surface area contributed by atoms with Gasteiger partial charge in [0.1, 0.15) is 18.0 Å². The van der Waals surface area contributed by atoms with Crippen LogP contribution in [0.25, 0.3) is 0 Å². The summed E-state index contributed by atoms with van der Waals surface area (Å²) in [6.07, 6.45) is 3.68. The monoisotopic (exact) mass is 292 g/mol. The summed E-state index contributed by atoms with van der Waals surface area (Å²) in [5.41, 5.74) is 1.19. The van der Waals surface area contributed by atoms with Crippen LogP contribution in [0.3, 0.4) is 0 Å². The van der Waals surface area contributed by atoms with E-state index in [4.69, 9.17) is 0 Å². The summed E-state index contributed by atoms with van der Waals surface area (Å²) >= 11 is 0. The van der Waals surface area contributed by atoms with Crippen LogP contribution >= 0.6 is 0 Å². The molecule has 4 heteroatoms. The number of nitrogens with zero attached hydrogens (tertiary/aromatic N) is 2. The average Bonchev–Trinajstić information content (AvgIpc) is 2.44. The first kappa shape index (κ1) is 17.7. The number of hydrogen-bond donors (Lipinski definition) is 2. The third kappa shape index (κ3) is 5.18. The van der Waals surface area contributed by atoms with Gasteiger partial charge in [-0.3, -0.25) is 0 Å². The second kappa shape index (κ2) is 8.85. The van der Waals surface area contributed by atoms with Gasteiger partial charge in [-0.15, -0.1) is 0 Å². The van der Waals surface area contributed by atoms with E-state index in [0.29, 0.717) is 17.8 Å². The first-order valence-corrected chi connectivity index (χ1v) is 8.32. The third-order valence-electron chi connectivity index (χ3n) is 4.06. The molecule has 0 aliphatic heterocycles. The fraction of sp³-hybridized carbons (Fsp3) is 0.765. The van der Waals surface area contributed by atoms with Gasteiger partial charge in [0.25, 0.3) is 0 Å². The topological polar surface area (TPSA) is 49.8 Å². The normalized spacial score (nSPS) is 11.5. The lowest BCUT2D eigenvalue weighted by molar-refractivity contribution is 0.304. The zero-order valence-electron chi connectivity index (χ0n) is 14.5. The van der Waals surface area contributed by atoms with Gasteiger partial charge in [0.2, 0.25) is 0 Å². The molecule has 0 radical (unpaired) electrons. The van der Waals surface area contributed by atoms with E-state index in [1.54, 1.807) is 6.33 Å². The maximum absolute atomic E-state index is 4.45. The van der Waals surface area contributed by atoms with E-state index in [-0.39, 0.29) is 0 Å². The molecule has 0 bridgehead atoms. The second-order valence-corrected chi connectivity index (χ2v) is 6.36. The molecule has 0 atom stereocenters. The Labute approximate surface area is 130 Å². The molecule has 0 aromatic carbocycles. The van der Waals surface area contributed by atoms with Crippen LogP contribution in [0.2, 0.25) is 0 Å². The molecular formula is C17H32N4. The van der Waals surface area contributed by atoms with Gasteiger partial charge in [0, 0.05) is 18.7 Å². The summed E-state index contributed by atoms with van der Waals surface area (Å²) in [6, 6.07) is 0. The van der Waals surface area contributed by atoms with Gasteiger partial charge in [-0.05, 0) is 30.6 Å². The average molecular weight is 292 g/mol. The lowest BCUT2D eigenvalue weighted by atomic mass is 9.85. The molecule has 0 amide bonds. The van der Waals surface area contributed by atoms with Gasteiger partial charge >= 0.3 is 0 Å². The largest absolute Gasteiger partial charge is 0.370 e. The van der Waals surface area contributed by atoms with Crippen molar-refractivity contribution in [1.29, 1.82) is 0 Å². The highest BCUT2D eigenvalue weighted by molar-refractivity contribution is 5.57. The van der Waals surface area contributed by atoms with Crippen LogP contribution < -0.4 is 10.6 Å². The molecule has 0 saturated heterocycles. The maximum atomic E-state index is 4.45. The molecule has 120 valence electrons. The fourth-order valence-corrected chi connectivity index (χ4v) is 2.75. The Morgan fingerprint density at radius 3 is 2.00 bits per heavy atom. The number of hydrogen-bond acceptors (Lipinski definition) is 4. The van der Waals surface area contributed by atoms with E-state index in [2.05, 4.69) is 62.1 Å². The smallest absolute Gasteiger partial charge is 0.134 e. The third-order valence-corrected chi connectivity index (χ3v) is 4.06. The van der Waals surface area contributed by atoms with E-state index >= 15 is 0 Å². The van der Waals surface area contributed by atoms with Crippen LogP contribution in [0.15, 0.2) is 6.33 Å². The highest BCUT2D eigenvalue weighted by Crippen LogP contribution is 2.24. The Balaban J connectivity index is 2.82. The summed E-state index contributed by atoms with van der Waals surface area (Å²) in [5, 5.41) is 6.95. The quantitative estimate of drug-likeness (QED) is 0.716. The van der Waals surface area contributed by atoms with Gasteiger partial charge in [-0.1, -0.05) is 41.5 Å². The van der Waals surface area contributed by atoms with Crippen molar-refractivity contribution < 1.29 is 0 Å². The Morgan fingerprint density at radius 1 is 0.952 bits per heavy atom. The SMILES string of the molecule is CCCNc1ncnc(NCC(C(C)C)C(C)C)c1CC. The van der Waals surface area contributed by atoms with Crippen molar-refractivity contribution >= 4 is 11.6 Å². The standard InChI is InChI=1S/C17H32N4/c1-7-9-18-16-14(8-2)17(21-11-20-16)19-10-15(12(3)4)13(5)6/h11-13,15H,7-10H2,1-6H3,(H2,18,19,20,21). The van der Waals surface area contributed by atoms with Crippen molar-refractivity contribution in [1.82, 2.24) is 9.97 Å². The van der Waals surface area contributed by atoms with Crippen LogP contribution in [0.5, 0.6) is 0 Å². The summed E-state index contributed by atoms with van der Waals surface area (Å²) in [4.78, 5) is 8.83. The van der Waals surface area contributed by atoms with Gasteiger partial charge in [-0.25, -0.2) is 9.97 Å². The van der Waals surface area contributed by atoms with Crippen LogP contribution in [-0.4, -0.2) is 23.1 Å². The molecule has 0 aliphatic carbocycles. The fourth-order valence-electron chi connectivity index (χ4n) is 2.75. The van der Waals surface area contributed by atoms with Crippen LogP contribution in [0.4, 0.5) is 11.6 Å². The minimum Gasteiger partial charge on any atom is -0.370 e. The highest BCUT2D eigenvalue weighted by atomic mass is 15.1. The Kier molecular flexibility index (Phi) is 7.48. The summed E-state index contributed by atoms with van der Waals surface area (Å²) in [7, 11) is 0. The van der Waals surface area contributed by atoms with Crippen molar-refractivity contribution in [2.75, 3.05) is 23.7 Å². The molecule has 0 unspecified atom stereocenters. The molecule has 2 N–H and O–H groups in total. The van der Waals surface area contributed by atoms with E-state index in [0.717, 1.165) is 37.6 Å². The molecule has 0 aliphatic rings. The van der Waals surface area contributed by atoms with Gasteiger partial charge < -0.3 is 10.6 Å². The zero-order chi connectivity index (χ0) is 15.8. The highest BCUT2D eigenvalue weighted by Gasteiger charge is 2.18. The lowest BCUT2D eigenvalue weighted by Gasteiger charge is -2.26. The maximum Gasteiger partial charge on any atom is 0.134 e. The predicted octanol–water partition coefficient (Wildman–Crippen LogP) is 4.20. The van der Waals surface area contributed by atoms with Crippen molar-refractivity contribution in [2.45, 2.75) is 54.4 Å². The zero-order valence-corrected chi connectivity index (χ0v) is 14.5. The van der Waals surface area contributed by atoms with Gasteiger partial charge in [0.05, 0.1) is 0 Å². The number of rotatable bonds is 9. The van der Waals surface area contributed by atoms with Crippen molar-refractivity contribution in [3.05, 3.63) is 11.9 Å². The molecule has 1 aromatic rings.